The summed E-state index contributed by atoms with van der Waals surface area (Å²) in [5.74, 6) is 0.0538. The predicted molar refractivity (Wildman–Crippen MR) is 74.1 cm³/mol. The zero-order valence-electron chi connectivity index (χ0n) is 12.0. The Hall–Kier alpha value is -1.16. The van der Waals surface area contributed by atoms with Crippen LogP contribution in [-0.2, 0) is 0 Å². The van der Waals surface area contributed by atoms with Crippen LogP contribution in [0.2, 0.25) is 0 Å². The molecule has 20 heavy (non-hydrogen) atoms. The van der Waals surface area contributed by atoms with Crippen molar-refractivity contribution in [1.82, 2.24) is 0 Å². The van der Waals surface area contributed by atoms with Gasteiger partial charge in [0.05, 0.1) is 5.60 Å². The Kier molecular flexibility index (Phi) is 4.33. The van der Waals surface area contributed by atoms with Crippen molar-refractivity contribution in [1.29, 1.82) is 0 Å². The minimum Gasteiger partial charge on any atom is -0.433 e. The summed E-state index contributed by atoms with van der Waals surface area (Å²) in [6.07, 6.45) is 1.53. The topological polar surface area (TPSA) is 29.5 Å². The molecule has 0 aliphatic heterocycles. The maximum absolute atomic E-state index is 12.9. The molecule has 1 unspecified atom stereocenters. The zero-order chi connectivity index (χ0) is 14.8. The van der Waals surface area contributed by atoms with E-state index >= 15 is 0 Å². The third-order valence-corrected chi connectivity index (χ3v) is 4.18. The molecule has 0 amide bonds. The van der Waals surface area contributed by atoms with E-state index in [9.17, 15) is 13.9 Å². The van der Waals surface area contributed by atoms with Gasteiger partial charge >= 0.3 is 6.11 Å². The molecule has 0 aromatic heterocycles. The first-order valence-corrected chi connectivity index (χ1v) is 7.19. The lowest BCUT2D eigenvalue weighted by Crippen LogP contribution is -2.37. The third kappa shape index (κ3) is 3.69. The van der Waals surface area contributed by atoms with Gasteiger partial charge in [0.25, 0.3) is 0 Å². The van der Waals surface area contributed by atoms with E-state index in [1.165, 1.54) is 6.07 Å². The summed E-state index contributed by atoms with van der Waals surface area (Å²) in [7, 11) is 0. The largest absolute Gasteiger partial charge is 0.433 e. The highest BCUT2D eigenvalue weighted by molar-refractivity contribution is 5.32. The molecule has 4 heteroatoms. The standard InChI is InChI=1S/C16H22F2O2/c1-12(16(19)9-4-3-5-10-16)13-7-6-8-14(11-13)20-15(2,17)18/h6-8,11-12,19H,3-5,9-10H2,1-2H3. The van der Waals surface area contributed by atoms with Crippen LogP contribution in [0.5, 0.6) is 5.75 Å². The molecule has 0 heterocycles. The molecule has 1 aliphatic carbocycles. The quantitative estimate of drug-likeness (QED) is 0.883. The van der Waals surface area contributed by atoms with Gasteiger partial charge < -0.3 is 9.84 Å². The molecule has 1 aromatic rings. The first kappa shape index (κ1) is 15.2. The van der Waals surface area contributed by atoms with Crippen molar-refractivity contribution in [2.45, 2.75) is 63.6 Å². The lowest BCUT2D eigenvalue weighted by molar-refractivity contribution is -0.159. The van der Waals surface area contributed by atoms with Crippen molar-refractivity contribution in [3.63, 3.8) is 0 Å². The summed E-state index contributed by atoms with van der Waals surface area (Å²) in [5.41, 5.74) is 0.113. The van der Waals surface area contributed by atoms with Crippen molar-refractivity contribution in [3.05, 3.63) is 29.8 Å². The lowest BCUT2D eigenvalue weighted by Gasteiger charge is -2.37. The first-order valence-electron chi connectivity index (χ1n) is 7.19. The van der Waals surface area contributed by atoms with Crippen LogP contribution < -0.4 is 4.74 Å². The Morgan fingerprint density at radius 3 is 2.50 bits per heavy atom. The van der Waals surface area contributed by atoms with E-state index in [0.29, 0.717) is 0 Å². The molecule has 1 N–H and O–H groups in total. The van der Waals surface area contributed by atoms with E-state index in [1.807, 2.05) is 13.0 Å². The molecule has 1 aliphatic rings. The number of hydrogen-bond acceptors (Lipinski definition) is 2. The number of hydrogen-bond donors (Lipinski definition) is 1. The summed E-state index contributed by atoms with van der Waals surface area (Å²) >= 11 is 0. The van der Waals surface area contributed by atoms with Gasteiger partial charge in [0.2, 0.25) is 0 Å². The van der Waals surface area contributed by atoms with Crippen molar-refractivity contribution in [2.24, 2.45) is 0 Å². The molecular formula is C16H22F2O2. The minimum atomic E-state index is -3.19. The van der Waals surface area contributed by atoms with Gasteiger partial charge in [-0.1, -0.05) is 38.3 Å². The number of alkyl halides is 2. The van der Waals surface area contributed by atoms with Crippen molar-refractivity contribution < 1.29 is 18.6 Å². The second kappa shape index (κ2) is 5.68. The average Bonchev–Trinajstić information content (AvgIpc) is 2.37. The zero-order valence-corrected chi connectivity index (χ0v) is 12.0. The number of ether oxygens (including phenoxy) is 1. The monoisotopic (exact) mass is 284 g/mol. The Morgan fingerprint density at radius 1 is 1.25 bits per heavy atom. The van der Waals surface area contributed by atoms with Crippen LogP contribution in [0.1, 0.15) is 57.4 Å². The SMILES string of the molecule is CC(c1cccc(OC(C)(F)F)c1)C1(O)CCCCC1. The van der Waals surface area contributed by atoms with Gasteiger partial charge in [-0.15, -0.1) is 0 Å². The summed E-state index contributed by atoms with van der Waals surface area (Å²) in [6, 6.07) is 6.67. The molecule has 112 valence electrons. The maximum Gasteiger partial charge on any atom is 0.394 e. The van der Waals surface area contributed by atoms with E-state index in [4.69, 9.17) is 0 Å². The van der Waals surface area contributed by atoms with Crippen LogP contribution in [0.4, 0.5) is 8.78 Å². The normalized spacial score (nSPS) is 20.4. The molecule has 1 saturated carbocycles. The predicted octanol–water partition coefficient (Wildman–Crippen LogP) is 4.48. The summed E-state index contributed by atoms with van der Waals surface area (Å²) in [4.78, 5) is 0. The Labute approximate surface area is 118 Å². The van der Waals surface area contributed by atoms with Crippen LogP contribution in [-0.4, -0.2) is 16.8 Å². The molecule has 0 spiro atoms. The minimum absolute atomic E-state index is 0.0863. The van der Waals surface area contributed by atoms with Crippen LogP contribution in [0.25, 0.3) is 0 Å². The number of aliphatic hydroxyl groups is 1. The molecule has 1 fully saturated rings. The highest BCUT2D eigenvalue weighted by atomic mass is 19.3. The summed E-state index contributed by atoms with van der Waals surface area (Å²) < 4.78 is 30.4. The molecule has 0 saturated heterocycles. The van der Waals surface area contributed by atoms with Crippen molar-refractivity contribution in [3.8, 4) is 5.75 Å². The van der Waals surface area contributed by atoms with Gasteiger partial charge in [0.15, 0.2) is 0 Å². The van der Waals surface area contributed by atoms with Crippen LogP contribution >= 0.6 is 0 Å². The highest BCUT2D eigenvalue weighted by Gasteiger charge is 2.36. The molecule has 0 radical (unpaired) electrons. The Morgan fingerprint density at radius 2 is 1.90 bits per heavy atom. The van der Waals surface area contributed by atoms with Crippen molar-refractivity contribution in [2.75, 3.05) is 0 Å². The van der Waals surface area contributed by atoms with E-state index < -0.39 is 11.7 Å². The fraction of sp³-hybridized carbons (Fsp3) is 0.625. The number of rotatable bonds is 4. The van der Waals surface area contributed by atoms with Gasteiger partial charge in [-0.3, -0.25) is 0 Å². The fourth-order valence-electron chi connectivity index (χ4n) is 2.96. The van der Waals surface area contributed by atoms with Crippen LogP contribution in [0.3, 0.4) is 0 Å². The first-order chi connectivity index (χ1) is 9.30. The van der Waals surface area contributed by atoms with E-state index in [2.05, 4.69) is 4.74 Å². The van der Waals surface area contributed by atoms with Crippen molar-refractivity contribution >= 4 is 0 Å². The van der Waals surface area contributed by atoms with Gasteiger partial charge in [0.1, 0.15) is 5.75 Å². The Bertz CT molecular complexity index is 448. The summed E-state index contributed by atoms with van der Waals surface area (Å²) in [5, 5.41) is 10.7. The number of halogens is 2. The van der Waals surface area contributed by atoms with E-state index in [-0.39, 0.29) is 11.7 Å². The summed E-state index contributed by atoms with van der Waals surface area (Å²) in [6.45, 7) is 2.67. The smallest absolute Gasteiger partial charge is 0.394 e. The second-order valence-corrected chi connectivity index (χ2v) is 5.87. The van der Waals surface area contributed by atoms with E-state index in [0.717, 1.165) is 44.6 Å². The highest BCUT2D eigenvalue weighted by Crippen LogP contribution is 2.40. The maximum atomic E-state index is 12.9. The molecular weight excluding hydrogens is 262 g/mol. The van der Waals surface area contributed by atoms with E-state index in [1.54, 1.807) is 12.1 Å². The van der Waals surface area contributed by atoms with Crippen LogP contribution in [0.15, 0.2) is 24.3 Å². The number of benzene rings is 1. The molecule has 2 nitrogen and oxygen atoms in total. The molecule has 2 rings (SSSR count). The van der Waals surface area contributed by atoms with Crippen LogP contribution in [0, 0.1) is 0 Å². The average molecular weight is 284 g/mol. The third-order valence-electron chi connectivity index (χ3n) is 4.18. The molecule has 1 atom stereocenters. The molecule has 1 aromatic carbocycles. The van der Waals surface area contributed by atoms with Gasteiger partial charge in [-0.25, -0.2) is 0 Å². The molecule has 0 bridgehead atoms. The van der Waals surface area contributed by atoms with Gasteiger partial charge in [0, 0.05) is 12.8 Å². The lowest BCUT2D eigenvalue weighted by atomic mass is 9.74. The fourth-order valence-corrected chi connectivity index (χ4v) is 2.96. The van der Waals surface area contributed by atoms with Gasteiger partial charge in [-0.05, 0) is 30.5 Å². The van der Waals surface area contributed by atoms with Gasteiger partial charge in [-0.2, -0.15) is 8.78 Å². The second-order valence-electron chi connectivity index (χ2n) is 5.87. The Balaban J connectivity index is 2.17.